The van der Waals surface area contributed by atoms with Crippen molar-refractivity contribution < 1.29 is 18.4 Å². The first kappa shape index (κ1) is 21.8. The van der Waals surface area contributed by atoms with Crippen LogP contribution in [0.15, 0.2) is 29.3 Å². The van der Waals surface area contributed by atoms with Crippen molar-refractivity contribution in [1.29, 1.82) is 0 Å². The number of piperidine rings is 1. The Kier molecular flexibility index (Phi) is 6.12. The first-order valence-electron chi connectivity index (χ1n) is 9.93. The maximum atomic E-state index is 13.7. The Bertz CT molecular complexity index is 1240. The Morgan fingerprint density at radius 3 is 2.88 bits per heavy atom. The Hall–Kier alpha value is -3.41. The van der Waals surface area contributed by atoms with Gasteiger partial charge in [0, 0.05) is 26.2 Å². The van der Waals surface area contributed by atoms with Gasteiger partial charge in [-0.25, -0.2) is 13.8 Å². The van der Waals surface area contributed by atoms with Crippen LogP contribution in [-0.2, 0) is 16.1 Å². The van der Waals surface area contributed by atoms with Crippen LogP contribution in [0.1, 0.15) is 12.8 Å². The Morgan fingerprint density at radius 2 is 2.12 bits per heavy atom. The maximum absolute atomic E-state index is 13.7. The molecule has 0 unspecified atom stereocenters. The normalized spacial score (nSPS) is 16.2. The molecule has 3 heterocycles. The van der Waals surface area contributed by atoms with Gasteiger partial charge in [0.25, 0.3) is 5.56 Å². The summed E-state index contributed by atoms with van der Waals surface area (Å²) in [5.41, 5.74) is -0.374. The molecule has 2 N–H and O–H groups in total. The van der Waals surface area contributed by atoms with Crippen LogP contribution in [0, 0.1) is 17.6 Å². The van der Waals surface area contributed by atoms with Crippen molar-refractivity contribution in [2.24, 2.45) is 5.92 Å². The lowest BCUT2D eigenvalue weighted by Gasteiger charge is -2.31. The van der Waals surface area contributed by atoms with E-state index in [1.165, 1.54) is 6.33 Å². The minimum atomic E-state index is -0.914. The number of carbonyl (C=O) groups excluding carboxylic acids is 2. The highest BCUT2D eigenvalue weighted by Gasteiger charge is 2.27. The van der Waals surface area contributed by atoms with E-state index in [1.807, 2.05) is 4.90 Å². The van der Waals surface area contributed by atoms with E-state index in [9.17, 15) is 23.2 Å². The molecule has 32 heavy (non-hydrogen) atoms. The van der Waals surface area contributed by atoms with Crippen molar-refractivity contribution in [3.8, 4) is 0 Å². The zero-order chi connectivity index (χ0) is 22.8. The quantitative estimate of drug-likeness (QED) is 0.598. The number of halogens is 2. The molecule has 9 nitrogen and oxygen atoms in total. The first-order valence-corrected chi connectivity index (χ1v) is 10.7. The smallest absolute Gasteiger partial charge is 0.273 e. The summed E-state index contributed by atoms with van der Waals surface area (Å²) < 4.78 is 28.1. The van der Waals surface area contributed by atoms with Gasteiger partial charge in [-0.1, -0.05) is 11.3 Å². The largest absolute Gasteiger partial charge is 0.359 e. The number of rotatable bonds is 5. The molecule has 2 amide bonds. The number of fused-ring (bicyclic) bond motifs is 1. The molecular weight excluding hydrogens is 442 g/mol. The number of amides is 2. The second kappa shape index (κ2) is 8.99. The molecule has 4 rings (SSSR count). The minimum Gasteiger partial charge on any atom is -0.359 e. The summed E-state index contributed by atoms with van der Waals surface area (Å²) in [4.78, 5) is 47.7. The van der Waals surface area contributed by atoms with E-state index in [2.05, 4.69) is 20.6 Å². The fraction of sp³-hybridized carbons (Fsp3) is 0.350. The second-order valence-corrected chi connectivity index (χ2v) is 8.38. The summed E-state index contributed by atoms with van der Waals surface area (Å²) in [5, 5.41) is 5.57. The number of benzene rings is 1. The molecule has 1 atom stereocenters. The molecule has 1 fully saturated rings. The highest BCUT2D eigenvalue weighted by Crippen LogP contribution is 2.29. The summed E-state index contributed by atoms with van der Waals surface area (Å²) in [6, 6.07) is 2.78. The fourth-order valence-electron chi connectivity index (χ4n) is 3.59. The van der Waals surface area contributed by atoms with E-state index in [4.69, 9.17) is 0 Å². The van der Waals surface area contributed by atoms with Crippen LogP contribution in [0.25, 0.3) is 10.3 Å². The van der Waals surface area contributed by atoms with Gasteiger partial charge in [-0.15, -0.1) is 0 Å². The van der Waals surface area contributed by atoms with E-state index in [-0.39, 0.29) is 27.9 Å². The molecule has 3 aromatic rings. The van der Waals surface area contributed by atoms with E-state index >= 15 is 0 Å². The molecule has 12 heteroatoms. The fourth-order valence-corrected chi connectivity index (χ4v) is 4.59. The number of hydrogen-bond acceptors (Lipinski definition) is 7. The minimum absolute atomic E-state index is 0.0279. The van der Waals surface area contributed by atoms with Crippen LogP contribution in [0.4, 0.5) is 19.6 Å². The van der Waals surface area contributed by atoms with Crippen molar-refractivity contribution in [3.63, 3.8) is 0 Å². The highest BCUT2D eigenvalue weighted by atomic mass is 32.1. The third kappa shape index (κ3) is 4.44. The standard InChI is InChI=1S/C20H20F2N6O3S/c1-23-18(30)11-3-2-6-27(8-11)20-26-17-16(32-20)19(31)28(10-24-17)9-15(29)25-14-5-4-12(21)7-13(14)22/h4-5,7,10-11H,2-3,6,8-9H2,1H3,(H,23,30)(H,25,29)/t11-/m1/s1. The SMILES string of the molecule is CNC(=O)[C@@H]1CCCN(c2nc3ncn(CC(=O)Nc4ccc(F)cc4F)c(=O)c3s2)C1. The zero-order valence-corrected chi connectivity index (χ0v) is 17.9. The molecule has 1 aliphatic heterocycles. The van der Waals surface area contributed by atoms with Gasteiger partial charge in [-0.05, 0) is 25.0 Å². The molecule has 0 spiro atoms. The lowest BCUT2D eigenvalue weighted by molar-refractivity contribution is -0.124. The summed E-state index contributed by atoms with van der Waals surface area (Å²) in [5.74, 6) is -2.51. The monoisotopic (exact) mass is 462 g/mol. The number of thiazole rings is 1. The number of hydrogen-bond donors (Lipinski definition) is 2. The number of nitrogens with zero attached hydrogens (tertiary/aromatic N) is 4. The topological polar surface area (TPSA) is 109 Å². The summed E-state index contributed by atoms with van der Waals surface area (Å²) in [6.45, 7) is 0.820. The Balaban J connectivity index is 1.52. The molecule has 0 bridgehead atoms. The van der Waals surface area contributed by atoms with Gasteiger partial charge >= 0.3 is 0 Å². The predicted molar refractivity (Wildman–Crippen MR) is 116 cm³/mol. The van der Waals surface area contributed by atoms with E-state index in [0.717, 1.165) is 40.9 Å². The zero-order valence-electron chi connectivity index (χ0n) is 17.1. The average molecular weight is 462 g/mol. The number of aromatic nitrogens is 3. The van der Waals surface area contributed by atoms with Gasteiger partial charge < -0.3 is 15.5 Å². The molecule has 0 saturated carbocycles. The maximum Gasteiger partial charge on any atom is 0.273 e. The summed E-state index contributed by atoms with van der Waals surface area (Å²) in [6.07, 6.45) is 2.82. The lowest BCUT2D eigenvalue weighted by Crippen LogP contribution is -2.42. The average Bonchev–Trinajstić information content (AvgIpc) is 3.22. The molecule has 1 saturated heterocycles. The summed E-state index contributed by atoms with van der Waals surface area (Å²) >= 11 is 1.15. The second-order valence-electron chi connectivity index (χ2n) is 7.40. The van der Waals surface area contributed by atoms with Gasteiger partial charge in [-0.3, -0.25) is 19.0 Å². The molecule has 1 aliphatic rings. The molecule has 0 radical (unpaired) electrons. The predicted octanol–water partition coefficient (Wildman–Crippen LogP) is 1.73. The summed E-state index contributed by atoms with van der Waals surface area (Å²) in [7, 11) is 1.60. The van der Waals surface area contributed by atoms with Crippen molar-refractivity contribution >= 4 is 44.3 Å². The number of nitrogens with one attached hydrogen (secondary N) is 2. The van der Waals surface area contributed by atoms with Crippen LogP contribution >= 0.6 is 11.3 Å². The van der Waals surface area contributed by atoms with E-state index < -0.39 is 29.6 Å². The molecule has 1 aromatic carbocycles. The van der Waals surface area contributed by atoms with Crippen LogP contribution in [0.2, 0.25) is 0 Å². The molecule has 168 valence electrons. The van der Waals surface area contributed by atoms with Crippen LogP contribution in [-0.4, -0.2) is 46.5 Å². The third-order valence-electron chi connectivity index (χ3n) is 5.20. The van der Waals surface area contributed by atoms with Gasteiger partial charge in [0.15, 0.2) is 10.8 Å². The van der Waals surface area contributed by atoms with Crippen LogP contribution < -0.4 is 21.1 Å². The Labute approximate surface area is 185 Å². The van der Waals surface area contributed by atoms with Crippen LogP contribution in [0.5, 0.6) is 0 Å². The van der Waals surface area contributed by atoms with E-state index in [1.54, 1.807) is 7.05 Å². The Morgan fingerprint density at radius 1 is 1.31 bits per heavy atom. The lowest BCUT2D eigenvalue weighted by atomic mass is 9.98. The molecule has 0 aliphatic carbocycles. The number of anilines is 2. The highest BCUT2D eigenvalue weighted by molar-refractivity contribution is 7.22. The van der Waals surface area contributed by atoms with Gasteiger partial charge in [-0.2, -0.15) is 4.98 Å². The van der Waals surface area contributed by atoms with Gasteiger partial charge in [0.2, 0.25) is 11.8 Å². The van der Waals surface area contributed by atoms with Gasteiger partial charge in [0.05, 0.1) is 11.6 Å². The van der Waals surface area contributed by atoms with Crippen molar-refractivity contribution in [1.82, 2.24) is 19.9 Å². The third-order valence-corrected chi connectivity index (χ3v) is 6.29. The first-order chi connectivity index (χ1) is 15.4. The van der Waals surface area contributed by atoms with Gasteiger partial charge in [0.1, 0.15) is 29.2 Å². The van der Waals surface area contributed by atoms with Crippen molar-refractivity contribution in [3.05, 3.63) is 46.5 Å². The molecular formula is C20H20F2N6O3S. The van der Waals surface area contributed by atoms with Crippen LogP contribution in [0.3, 0.4) is 0 Å². The van der Waals surface area contributed by atoms with Crippen molar-refractivity contribution in [2.75, 3.05) is 30.4 Å². The van der Waals surface area contributed by atoms with E-state index in [0.29, 0.717) is 24.3 Å². The number of carbonyl (C=O) groups is 2. The molecule has 2 aromatic heterocycles. The van der Waals surface area contributed by atoms with Crippen molar-refractivity contribution in [2.45, 2.75) is 19.4 Å².